The number of hydrogen-bond donors (Lipinski definition) is 1. The molecule has 2 aliphatic rings. The Kier molecular flexibility index (Phi) is 3.65. The molecule has 1 amide bonds. The van der Waals surface area contributed by atoms with E-state index in [1.165, 1.54) is 6.42 Å². The van der Waals surface area contributed by atoms with E-state index < -0.39 is 6.10 Å². The summed E-state index contributed by atoms with van der Waals surface area (Å²) in [6, 6.07) is 5.95. The van der Waals surface area contributed by atoms with Crippen molar-refractivity contribution in [3.05, 3.63) is 23.8 Å². The van der Waals surface area contributed by atoms with Gasteiger partial charge < -0.3 is 14.9 Å². The summed E-state index contributed by atoms with van der Waals surface area (Å²) in [5, 5.41) is 10.6. The third-order valence-corrected chi connectivity index (χ3v) is 5.57. The van der Waals surface area contributed by atoms with E-state index in [9.17, 15) is 9.90 Å². The predicted octanol–water partition coefficient (Wildman–Crippen LogP) is 2.03. The Morgan fingerprint density at radius 3 is 3.00 bits per heavy atom. The fraction of sp³-hybridized carbons (Fsp3) is 0.533. The summed E-state index contributed by atoms with van der Waals surface area (Å²) in [5.41, 5.74) is 2.71. The molecule has 1 N–H and O–H groups in total. The van der Waals surface area contributed by atoms with Crippen LogP contribution in [0.3, 0.4) is 0 Å². The van der Waals surface area contributed by atoms with Crippen molar-refractivity contribution in [1.29, 1.82) is 0 Å². The molecular formula is C15H20N2O2S. The van der Waals surface area contributed by atoms with E-state index in [0.29, 0.717) is 5.25 Å². The van der Waals surface area contributed by atoms with E-state index in [1.54, 1.807) is 11.9 Å². The lowest BCUT2D eigenvalue weighted by atomic mass is 10.1. The summed E-state index contributed by atoms with van der Waals surface area (Å²) in [6.45, 7) is 4.33. The van der Waals surface area contributed by atoms with Crippen molar-refractivity contribution >= 4 is 29.0 Å². The summed E-state index contributed by atoms with van der Waals surface area (Å²) >= 11 is 2.04. The number of likely N-dealkylation sites (N-methyl/N-ethyl adjacent to an activating group) is 1. The van der Waals surface area contributed by atoms with Crippen LogP contribution in [0.15, 0.2) is 18.2 Å². The molecule has 3 rings (SSSR count). The number of carbonyl (C=O) groups excluding carboxylic acids is 1. The molecule has 0 aliphatic carbocycles. The summed E-state index contributed by atoms with van der Waals surface area (Å²) in [4.78, 5) is 15.7. The number of benzene rings is 1. The van der Waals surface area contributed by atoms with Gasteiger partial charge in [0.25, 0.3) is 5.91 Å². The van der Waals surface area contributed by atoms with Gasteiger partial charge in [-0.1, -0.05) is 13.0 Å². The average Bonchev–Trinajstić information content (AvgIpc) is 2.72. The van der Waals surface area contributed by atoms with Gasteiger partial charge >= 0.3 is 0 Å². The lowest BCUT2D eigenvalue weighted by Crippen LogP contribution is -2.37. The number of fused-ring (bicyclic) bond motifs is 1. The minimum Gasteiger partial charge on any atom is -0.378 e. The summed E-state index contributed by atoms with van der Waals surface area (Å²) in [6.07, 6.45) is 0.188. The topological polar surface area (TPSA) is 43.8 Å². The molecule has 0 spiro atoms. The fourth-order valence-electron chi connectivity index (χ4n) is 2.89. The van der Waals surface area contributed by atoms with Crippen LogP contribution in [-0.2, 0) is 4.79 Å². The van der Waals surface area contributed by atoms with Crippen LogP contribution in [0, 0.1) is 0 Å². The quantitative estimate of drug-likeness (QED) is 0.906. The second-order valence-electron chi connectivity index (χ2n) is 5.39. The van der Waals surface area contributed by atoms with Gasteiger partial charge in [0.2, 0.25) is 0 Å². The summed E-state index contributed by atoms with van der Waals surface area (Å²) < 4.78 is 0. The number of aliphatic hydroxyl groups is 1. The van der Waals surface area contributed by atoms with Crippen LogP contribution in [0.25, 0.3) is 0 Å². The van der Waals surface area contributed by atoms with Gasteiger partial charge in [0, 0.05) is 42.4 Å². The second-order valence-corrected chi connectivity index (χ2v) is 6.80. The zero-order valence-corrected chi connectivity index (χ0v) is 12.7. The molecule has 2 atom stereocenters. The number of amides is 1. The molecule has 5 heteroatoms. The molecule has 2 aliphatic heterocycles. The van der Waals surface area contributed by atoms with E-state index in [0.717, 1.165) is 35.8 Å². The van der Waals surface area contributed by atoms with Gasteiger partial charge in [-0.15, -0.1) is 0 Å². The Morgan fingerprint density at radius 1 is 1.45 bits per heavy atom. The predicted molar refractivity (Wildman–Crippen MR) is 83.6 cm³/mol. The first kappa shape index (κ1) is 13.8. The molecule has 2 unspecified atom stereocenters. The van der Waals surface area contributed by atoms with E-state index in [-0.39, 0.29) is 5.91 Å². The smallest absolute Gasteiger partial charge is 0.260 e. The van der Waals surface area contributed by atoms with Crippen molar-refractivity contribution in [2.24, 2.45) is 0 Å². The SMILES string of the molecule is CCC1CN(c2ccc3c(c2)N(C)C(=O)C3O)CCS1. The first-order valence-electron chi connectivity index (χ1n) is 7.08. The highest BCUT2D eigenvalue weighted by atomic mass is 32.2. The maximum Gasteiger partial charge on any atom is 0.260 e. The molecule has 0 saturated carbocycles. The molecule has 0 bridgehead atoms. The molecule has 4 nitrogen and oxygen atoms in total. The van der Waals surface area contributed by atoms with Crippen LogP contribution in [0.2, 0.25) is 0 Å². The van der Waals surface area contributed by atoms with Crippen molar-refractivity contribution in [2.45, 2.75) is 24.7 Å². The molecule has 1 aromatic rings. The van der Waals surface area contributed by atoms with Crippen LogP contribution >= 0.6 is 11.8 Å². The normalized spacial score (nSPS) is 26.1. The maximum absolute atomic E-state index is 11.8. The highest BCUT2D eigenvalue weighted by Crippen LogP contribution is 2.38. The Labute approximate surface area is 123 Å². The van der Waals surface area contributed by atoms with E-state index in [2.05, 4.69) is 11.8 Å². The molecular weight excluding hydrogens is 272 g/mol. The zero-order valence-electron chi connectivity index (χ0n) is 11.9. The third-order valence-electron chi connectivity index (χ3n) is 4.19. The Balaban J connectivity index is 1.88. The standard InChI is InChI=1S/C15H20N2O2S/c1-3-11-9-17(6-7-20-11)10-4-5-12-13(8-10)16(2)15(19)14(12)18/h4-5,8,11,14,18H,3,6-7,9H2,1-2H3. The molecule has 108 valence electrons. The lowest BCUT2D eigenvalue weighted by Gasteiger charge is -2.34. The van der Waals surface area contributed by atoms with Gasteiger partial charge in [0.05, 0.1) is 5.69 Å². The number of anilines is 2. The number of aliphatic hydroxyl groups excluding tert-OH is 1. The van der Waals surface area contributed by atoms with E-state index >= 15 is 0 Å². The number of hydrogen-bond acceptors (Lipinski definition) is 4. The van der Waals surface area contributed by atoms with E-state index in [1.807, 2.05) is 30.0 Å². The molecule has 0 aromatic heterocycles. The molecule has 1 fully saturated rings. The van der Waals surface area contributed by atoms with Crippen LogP contribution in [-0.4, -0.2) is 42.2 Å². The Hall–Kier alpha value is -1.20. The summed E-state index contributed by atoms with van der Waals surface area (Å²) in [7, 11) is 1.72. The number of thioether (sulfide) groups is 1. The highest BCUT2D eigenvalue weighted by Gasteiger charge is 2.34. The van der Waals surface area contributed by atoms with Crippen molar-refractivity contribution in [3.63, 3.8) is 0 Å². The Bertz CT molecular complexity index is 535. The van der Waals surface area contributed by atoms with Crippen LogP contribution in [0.4, 0.5) is 11.4 Å². The van der Waals surface area contributed by atoms with Gasteiger partial charge in [0.1, 0.15) is 0 Å². The van der Waals surface area contributed by atoms with Crippen molar-refractivity contribution in [3.8, 4) is 0 Å². The molecule has 0 radical (unpaired) electrons. The largest absolute Gasteiger partial charge is 0.378 e. The zero-order chi connectivity index (χ0) is 14.3. The lowest BCUT2D eigenvalue weighted by molar-refractivity contribution is -0.125. The number of nitrogens with zero attached hydrogens (tertiary/aromatic N) is 2. The second kappa shape index (κ2) is 5.30. The van der Waals surface area contributed by atoms with Gasteiger partial charge in [-0.3, -0.25) is 4.79 Å². The first-order valence-corrected chi connectivity index (χ1v) is 8.12. The van der Waals surface area contributed by atoms with Crippen LogP contribution in [0.1, 0.15) is 25.0 Å². The monoisotopic (exact) mass is 292 g/mol. The fourth-order valence-corrected chi connectivity index (χ4v) is 4.07. The van der Waals surface area contributed by atoms with Gasteiger partial charge in [-0.2, -0.15) is 11.8 Å². The highest BCUT2D eigenvalue weighted by molar-refractivity contribution is 8.00. The van der Waals surface area contributed by atoms with Crippen molar-refractivity contribution < 1.29 is 9.90 Å². The maximum atomic E-state index is 11.8. The molecule has 20 heavy (non-hydrogen) atoms. The van der Waals surface area contributed by atoms with Crippen molar-refractivity contribution in [1.82, 2.24) is 0 Å². The average molecular weight is 292 g/mol. The molecule has 1 saturated heterocycles. The number of rotatable bonds is 2. The molecule has 1 aromatic carbocycles. The molecule has 2 heterocycles. The Morgan fingerprint density at radius 2 is 2.25 bits per heavy atom. The number of carbonyl (C=O) groups is 1. The van der Waals surface area contributed by atoms with E-state index in [4.69, 9.17) is 0 Å². The minimum absolute atomic E-state index is 0.238. The van der Waals surface area contributed by atoms with Crippen molar-refractivity contribution in [2.75, 3.05) is 35.7 Å². The van der Waals surface area contributed by atoms with Gasteiger partial charge in [-0.05, 0) is 18.6 Å². The van der Waals surface area contributed by atoms with Crippen LogP contribution in [0.5, 0.6) is 0 Å². The summed E-state index contributed by atoms with van der Waals surface area (Å²) in [5.74, 6) is 0.908. The first-order chi connectivity index (χ1) is 9.61. The van der Waals surface area contributed by atoms with Gasteiger partial charge in [0.15, 0.2) is 6.10 Å². The minimum atomic E-state index is -0.996. The van der Waals surface area contributed by atoms with Crippen LogP contribution < -0.4 is 9.80 Å². The third kappa shape index (κ3) is 2.19. The van der Waals surface area contributed by atoms with Gasteiger partial charge in [-0.25, -0.2) is 0 Å².